The van der Waals surface area contributed by atoms with Gasteiger partial charge in [-0.2, -0.15) is 0 Å². The third-order valence-corrected chi connectivity index (χ3v) is 2.29. The van der Waals surface area contributed by atoms with Gasteiger partial charge in [0, 0.05) is 5.69 Å². The first-order valence-electron chi connectivity index (χ1n) is 6.04. The highest BCUT2D eigenvalue weighted by Crippen LogP contribution is 2.16. The quantitative estimate of drug-likeness (QED) is 0.862. The van der Waals surface area contributed by atoms with Crippen LogP contribution in [0.15, 0.2) is 18.2 Å². The van der Waals surface area contributed by atoms with Gasteiger partial charge in [-0.15, -0.1) is 0 Å². The molecule has 0 bridgehead atoms. The lowest BCUT2D eigenvalue weighted by molar-refractivity contribution is -0.125. The molecule has 1 aromatic rings. The van der Waals surface area contributed by atoms with Crippen molar-refractivity contribution in [3.8, 4) is 0 Å². The highest BCUT2D eigenvalue weighted by atomic mass is 19.1. The smallest absolute Gasteiger partial charge is 0.340 e. The first-order valence-corrected chi connectivity index (χ1v) is 6.04. The van der Waals surface area contributed by atoms with Crippen molar-refractivity contribution in [2.45, 2.75) is 26.4 Å². The molecule has 0 heterocycles. The Hall–Kier alpha value is -1.95. The topological polar surface area (TPSA) is 64.6 Å². The molecular formula is C14H18FNO4. The maximum Gasteiger partial charge on any atom is 0.340 e. The Morgan fingerprint density at radius 1 is 1.30 bits per heavy atom. The fourth-order valence-electron chi connectivity index (χ4n) is 1.35. The average Bonchev–Trinajstić information content (AvgIpc) is 2.37. The first kappa shape index (κ1) is 16.1. The Morgan fingerprint density at radius 3 is 2.50 bits per heavy atom. The fourth-order valence-corrected chi connectivity index (χ4v) is 1.35. The molecule has 1 rings (SSSR count). The van der Waals surface area contributed by atoms with Crippen LogP contribution in [0, 0.1) is 5.82 Å². The van der Waals surface area contributed by atoms with Crippen LogP contribution in [0.3, 0.4) is 0 Å². The Balaban J connectivity index is 2.73. The van der Waals surface area contributed by atoms with Gasteiger partial charge in [0.05, 0.1) is 18.3 Å². The molecule has 0 radical (unpaired) electrons. The van der Waals surface area contributed by atoms with Crippen LogP contribution in [-0.2, 0) is 14.3 Å². The second kappa shape index (κ2) is 6.47. The minimum absolute atomic E-state index is 0.131. The number of nitrogens with one attached hydrogen (secondary N) is 1. The van der Waals surface area contributed by atoms with Crippen molar-refractivity contribution in [1.82, 2.24) is 0 Å². The molecule has 0 aliphatic rings. The number of esters is 1. The van der Waals surface area contributed by atoms with Crippen molar-refractivity contribution in [2.75, 3.05) is 19.0 Å². The molecule has 0 aliphatic heterocycles. The summed E-state index contributed by atoms with van der Waals surface area (Å²) in [4.78, 5) is 23.0. The van der Waals surface area contributed by atoms with Gasteiger partial charge in [0.15, 0.2) is 0 Å². The average molecular weight is 283 g/mol. The zero-order valence-corrected chi connectivity index (χ0v) is 12.0. The minimum Gasteiger partial charge on any atom is -0.465 e. The van der Waals surface area contributed by atoms with Crippen molar-refractivity contribution in [2.24, 2.45) is 0 Å². The SMILES string of the molecule is COC(=O)c1cc(NC(=O)COC(C)(C)C)ccc1F. The van der Waals surface area contributed by atoms with Crippen molar-refractivity contribution >= 4 is 17.6 Å². The minimum atomic E-state index is -0.801. The van der Waals surface area contributed by atoms with Gasteiger partial charge < -0.3 is 14.8 Å². The third-order valence-electron chi connectivity index (χ3n) is 2.29. The van der Waals surface area contributed by atoms with Gasteiger partial charge in [-0.25, -0.2) is 9.18 Å². The molecule has 0 fully saturated rings. The van der Waals surface area contributed by atoms with E-state index in [0.29, 0.717) is 5.69 Å². The van der Waals surface area contributed by atoms with Crippen LogP contribution in [0.4, 0.5) is 10.1 Å². The van der Waals surface area contributed by atoms with E-state index in [1.807, 2.05) is 20.8 Å². The molecule has 0 unspecified atom stereocenters. The van der Waals surface area contributed by atoms with E-state index in [1.54, 1.807) is 0 Å². The van der Waals surface area contributed by atoms with Crippen LogP contribution < -0.4 is 5.32 Å². The van der Waals surface area contributed by atoms with Gasteiger partial charge in [0.2, 0.25) is 5.91 Å². The van der Waals surface area contributed by atoms with Crippen molar-refractivity contribution in [1.29, 1.82) is 0 Å². The van der Waals surface area contributed by atoms with Gasteiger partial charge in [-0.3, -0.25) is 4.79 Å². The van der Waals surface area contributed by atoms with E-state index < -0.39 is 17.4 Å². The standard InChI is InChI=1S/C14H18FNO4/c1-14(2,3)20-8-12(17)16-9-5-6-11(15)10(7-9)13(18)19-4/h5-7H,8H2,1-4H3,(H,16,17). The van der Waals surface area contributed by atoms with Gasteiger partial charge in [-0.05, 0) is 39.0 Å². The largest absolute Gasteiger partial charge is 0.465 e. The lowest BCUT2D eigenvalue weighted by Gasteiger charge is -2.19. The molecule has 5 nitrogen and oxygen atoms in total. The molecule has 1 aromatic carbocycles. The summed E-state index contributed by atoms with van der Waals surface area (Å²) in [5.74, 6) is -1.90. The van der Waals surface area contributed by atoms with E-state index in [4.69, 9.17) is 4.74 Å². The number of carbonyl (C=O) groups is 2. The number of halogens is 1. The maximum atomic E-state index is 13.4. The van der Waals surface area contributed by atoms with Gasteiger partial charge in [0.25, 0.3) is 0 Å². The van der Waals surface area contributed by atoms with E-state index in [0.717, 1.165) is 13.2 Å². The zero-order valence-electron chi connectivity index (χ0n) is 12.0. The molecule has 1 amide bonds. The molecule has 0 saturated heterocycles. The number of rotatable bonds is 4. The van der Waals surface area contributed by atoms with Crippen LogP contribution >= 0.6 is 0 Å². The number of ether oxygens (including phenoxy) is 2. The number of hydrogen-bond donors (Lipinski definition) is 1. The van der Waals surface area contributed by atoms with E-state index >= 15 is 0 Å². The van der Waals surface area contributed by atoms with Crippen molar-refractivity contribution < 1.29 is 23.5 Å². The maximum absolute atomic E-state index is 13.4. The third kappa shape index (κ3) is 4.97. The summed E-state index contributed by atoms with van der Waals surface area (Å²) in [6.07, 6.45) is 0. The fraction of sp³-hybridized carbons (Fsp3) is 0.429. The summed E-state index contributed by atoms with van der Waals surface area (Å²) in [5, 5.41) is 2.52. The molecule has 0 saturated carbocycles. The van der Waals surface area contributed by atoms with Crippen LogP contribution in [0.25, 0.3) is 0 Å². The number of methoxy groups -OCH3 is 1. The second-order valence-corrected chi connectivity index (χ2v) is 5.14. The molecule has 110 valence electrons. The number of carbonyl (C=O) groups excluding carboxylic acids is 2. The monoisotopic (exact) mass is 283 g/mol. The van der Waals surface area contributed by atoms with E-state index in [9.17, 15) is 14.0 Å². The zero-order chi connectivity index (χ0) is 15.3. The second-order valence-electron chi connectivity index (χ2n) is 5.14. The summed E-state index contributed by atoms with van der Waals surface area (Å²) < 4.78 is 23.2. The normalized spacial score (nSPS) is 11.1. The van der Waals surface area contributed by atoms with Crippen LogP contribution in [0.2, 0.25) is 0 Å². The molecular weight excluding hydrogens is 265 g/mol. The molecule has 0 aromatic heterocycles. The van der Waals surface area contributed by atoms with Crippen LogP contribution in [0.1, 0.15) is 31.1 Å². The lowest BCUT2D eigenvalue weighted by Crippen LogP contribution is -2.27. The predicted molar refractivity (Wildman–Crippen MR) is 72.1 cm³/mol. The molecule has 0 aliphatic carbocycles. The summed E-state index contributed by atoms with van der Waals surface area (Å²) >= 11 is 0. The summed E-state index contributed by atoms with van der Waals surface area (Å²) in [5.41, 5.74) is -0.367. The summed E-state index contributed by atoms with van der Waals surface area (Å²) in [6, 6.07) is 3.67. The van der Waals surface area contributed by atoms with Gasteiger partial charge in [0.1, 0.15) is 12.4 Å². The van der Waals surface area contributed by atoms with Gasteiger partial charge in [-0.1, -0.05) is 0 Å². The molecule has 6 heteroatoms. The Labute approximate surface area is 117 Å². The molecule has 1 N–H and O–H groups in total. The number of anilines is 1. The van der Waals surface area contributed by atoms with Crippen LogP contribution in [-0.4, -0.2) is 31.2 Å². The molecule has 20 heavy (non-hydrogen) atoms. The molecule has 0 atom stereocenters. The van der Waals surface area contributed by atoms with Crippen molar-refractivity contribution in [3.63, 3.8) is 0 Å². The summed E-state index contributed by atoms with van der Waals surface area (Å²) in [7, 11) is 1.16. The van der Waals surface area contributed by atoms with Crippen molar-refractivity contribution in [3.05, 3.63) is 29.6 Å². The Bertz CT molecular complexity index is 508. The number of hydrogen-bond acceptors (Lipinski definition) is 4. The van der Waals surface area contributed by atoms with Gasteiger partial charge >= 0.3 is 5.97 Å². The predicted octanol–water partition coefficient (Wildman–Crippen LogP) is 2.37. The first-order chi connectivity index (χ1) is 9.23. The number of benzene rings is 1. The van der Waals surface area contributed by atoms with E-state index in [-0.39, 0.29) is 18.1 Å². The Kier molecular flexibility index (Phi) is 5.21. The summed E-state index contributed by atoms with van der Waals surface area (Å²) in [6.45, 7) is 5.35. The number of amides is 1. The highest BCUT2D eigenvalue weighted by Gasteiger charge is 2.15. The van der Waals surface area contributed by atoms with Crippen LogP contribution in [0.5, 0.6) is 0 Å². The van der Waals surface area contributed by atoms with E-state index in [1.165, 1.54) is 12.1 Å². The molecule has 0 spiro atoms. The van der Waals surface area contributed by atoms with E-state index in [2.05, 4.69) is 10.1 Å². The highest BCUT2D eigenvalue weighted by molar-refractivity contribution is 5.95. The Morgan fingerprint density at radius 2 is 1.95 bits per heavy atom. The lowest BCUT2D eigenvalue weighted by atomic mass is 10.2.